The summed E-state index contributed by atoms with van der Waals surface area (Å²) < 4.78 is 6.31. The number of hydrogen-bond acceptors (Lipinski definition) is 11. The van der Waals surface area contributed by atoms with Crippen LogP contribution < -0.4 is 15.5 Å². The lowest BCUT2D eigenvalue weighted by molar-refractivity contribution is 0.102. The number of β-amino-alcohol motifs (C(OH)–C–C–N with tert-alkyl or cyclic N) is 1. The highest BCUT2D eigenvalue weighted by Gasteiger charge is 2.24. The lowest BCUT2D eigenvalue weighted by Gasteiger charge is -2.32. The Bertz CT molecular complexity index is 1350. The van der Waals surface area contributed by atoms with Crippen molar-refractivity contribution >= 4 is 44.2 Å². The Labute approximate surface area is 204 Å². The highest BCUT2D eigenvalue weighted by Crippen LogP contribution is 2.34. The van der Waals surface area contributed by atoms with Crippen molar-refractivity contribution < 1.29 is 19.4 Å². The van der Waals surface area contributed by atoms with E-state index in [4.69, 9.17) is 14.5 Å². The van der Waals surface area contributed by atoms with E-state index in [1.807, 2.05) is 24.0 Å². The number of oxazole rings is 1. The molecule has 182 valence electrons. The van der Waals surface area contributed by atoms with E-state index < -0.39 is 12.0 Å². The van der Waals surface area contributed by atoms with Crippen molar-refractivity contribution in [1.82, 2.24) is 19.9 Å². The third-order valence-corrected chi connectivity index (χ3v) is 6.52. The van der Waals surface area contributed by atoms with Gasteiger partial charge in [-0.15, -0.1) is 0 Å². The van der Waals surface area contributed by atoms with Crippen molar-refractivity contribution in [1.29, 1.82) is 0 Å². The molecule has 11 nitrogen and oxygen atoms in total. The molecule has 0 spiro atoms. The summed E-state index contributed by atoms with van der Waals surface area (Å²) in [5, 5.41) is 25.9. The predicted octanol–water partition coefficient (Wildman–Crippen LogP) is 2.67. The van der Waals surface area contributed by atoms with Crippen LogP contribution in [0.3, 0.4) is 0 Å². The molecule has 4 N–H and O–H groups in total. The molecular weight excluding hydrogens is 470 g/mol. The zero-order valence-corrected chi connectivity index (χ0v) is 19.9. The number of aromatic nitrogens is 4. The van der Waals surface area contributed by atoms with E-state index in [0.29, 0.717) is 47.8 Å². The standard InChI is InChI=1S/C23H25N7O4S/c1-13-9-14(4-5-24-13)22-27-17(12-34-22)21(33)26-16-10-18-19(29-23(35-18)25-6-8-31)28-20(16)30-7-2-3-15(32)11-30/h4-5,9-10,12,15,31-32H,2-3,6-8,11H2,1H3,(H,26,33)(H,25,28,29). The van der Waals surface area contributed by atoms with Crippen molar-refractivity contribution in [3.63, 3.8) is 0 Å². The van der Waals surface area contributed by atoms with Gasteiger partial charge in [-0.25, -0.2) is 15.0 Å². The first kappa shape index (κ1) is 23.1. The maximum absolute atomic E-state index is 13.1. The van der Waals surface area contributed by atoms with Crippen molar-refractivity contribution in [2.24, 2.45) is 0 Å². The molecule has 0 aromatic carbocycles. The first-order chi connectivity index (χ1) is 17.0. The van der Waals surface area contributed by atoms with Crippen LogP contribution in [0.15, 0.2) is 35.1 Å². The molecule has 1 aliphatic heterocycles. The molecule has 5 rings (SSSR count). The van der Waals surface area contributed by atoms with Crippen molar-refractivity contribution in [2.75, 3.05) is 41.8 Å². The van der Waals surface area contributed by atoms with Gasteiger partial charge in [-0.2, -0.15) is 0 Å². The molecule has 1 fully saturated rings. The molecule has 0 aliphatic carbocycles. The van der Waals surface area contributed by atoms with Crippen LogP contribution in [0.25, 0.3) is 21.8 Å². The molecule has 0 radical (unpaired) electrons. The van der Waals surface area contributed by atoms with Gasteiger partial charge in [-0.3, -0.25) is 9.78 Å². The lowest BCUT2D eigenvalue weighted by atomic mass is 10.1. The molecule has 1 saturated heterocycles. The molecule has 4 aromatic heterocycles. The van der Waals surface area contributed by atoms with Gasteiger partial charge < -0.3 is 30.2 Å². The van der Waals surface area contributed by atoms with Crippen molar-refractivity contribution in [3.8, 4) is 11.5 Å². The molecule has 0 bridgehead atoms. The highest BCUT2D eigenvalue weighted by atomic mass is 32.1. The van der Waals surface area contributed by atoms with E-state index >= 15 is 0 Å². The molecule has 5 heterocycles. The minimum atomic E-state index is -0.469. The monoisotopic (exact) mass is 495 g/mol. The number of aliphatic hydroxyl groups excluding tert-OH is 2. The van der Waals surface area contributed by atoms with Gasteiger partial charge in [-0.05, 0) is 38.0 Å². The van der Waals surface area contributed by atoms with Crippen LogP contribution in [0.4, 0.5) is 16.6 Å². The molecule has 12 heteroatoms. The number of nitrogens with zero attached hydrogens (tertiary/aromatic N) is 5. The van der Waals surface area contributed by atoms with Crippen LogP contribution in [0.5, 0.6) is 0 Å². The molecule has 35 heavy (non-hydrogen) atoms. The summed E-state index contributed by atoms with van der Waals surface area (Å²) >= 11 is 1.38. The number of nitrogens with one attached hydrogen (secondary N) is 2. The minimum absolute atomic E-state index is 0.0136. The average molecular weight is 496 g/mol. The summed E-state index contributed by atoms with van der Waals surface area (Å²) in [7, 11) is 0. The number of pyridine rings is 2. The van der Waals surface area contributed by atoms with E-state index in [2.05, 4.69) is 25.6 Å². The number of anilines is 3. The normalized spacial score (nSPS) is 16.0. The number of carbonyl (C=O) groups excluding carboxylic acids is 1. The second kappa shape index (κ2) is 9.94. The third-order valence-electron chi connectivity index (χ3n) is 5.58. The number of aliphatic hydroxyl groups is 2. The number of aryl methyl sites for hydroxylation is 1. The van der Waals surface area contributed by atoms with E-state index in [1.165, 1.54) is 17.6 Å². The van der Waals surface area contributed by atoms with Gasteiger partial charge in [-0.1, -0.05) is 11.3 Å². The van der Waals surface area contributed by atoms with Gasteiger partial charge in [0.05, 0.1) is 23.1 Å². The van der Waals surface area contributed by atoms with Gasteiger partial charge in [0.2, 0.25) is 5.89 Å². The van der Waals surface area contributed by atoms with Gasteiger partial charge in [0.25, 0.3) is 5.91 Å². The highest BCUT2D eigenvalue weighted by molar-refractivity contribution is 7.22. The Balaban J connectivity index is 1.45. The Morgan fingerprint density at radius 2 is 2.20 bits per heavy atom. The average Bonchev–Trinajstić information content (AvgIpc) is 3.49. The number of fused-ring (bicyclic) bond motifs is 1. The van der Waals surface area contributed by atoms with Gasteiger partial charge in [0.15, 0.2) is 22.3 Å². The Kier molecular flexibility index (Phi) is 6.57. The van der Waals surface area contributed by atoms with Crippen LogP contribution in [-0.4, -0.2) is 68.4 Å². The second-order valence-electron chi connectivity index (χ2n) is 8.27. The fraction of sp³-hybridized carbons (Fsp3) is 0.348. The second-order valence-corrected chi connectivity index (χ2v) is 9.30. The smallest absolute Gasteiger partial charge is 0.277 e. The molecule has 4 aromatic rings. The SMILES string of the molecule is Cc1cc(-c2nc(C(=O)Nc3cc4sc(NCCO)nc4nc3N3CCCC(O)C3)co2)ccn1. The number of hydrogen-bond donors (Lipinski definition) is 4. The zero-order valence-electron chi connectivity index (χ0n) is 19.1. The van der Waals surface area contributed by atoms with Crippen LogP contribution in [0.2, 0.25) is 0 Å². The number of piperidine rings is 1. The van der Waals surface area contributed by atoms with E-state index in [1.54, 1.807) is 12.3 Å². The quantitative estimate of drug-likeness (QED) is 0.301. The van der Waals surface area contributed by atoms with Crippen LogP contribution in [0.1, 0.15) is 29.0 Å². The Morgan fingerprint density at radius 3 is 3.00 bits per heavy atom. The molecular formula is C23H25N7O4S. The van der Waals surface area contributed by atoms with Crippen LogP contribution in [-0.2, 0) is 0 Å². The number of thiazole rings is 1. The van der Waals surface area contributed by atoms with Gasteiger partial charge in [0.1, 0.15) is 6.26 Å². The summed E-state index contributed by atoms with van der Waals surface area (Å²) in [5.74, 6) is 0.432. The number of rotatable bonds is 7. The Morgan fingerprint density at radius 1 is 1.31 bits per heavy atom. The van der Waals surface area contributed by atoms with Gasteiger partial charge in [0, 0.05) is 37.1 Å². The largest absolute Gasteiger partial charge is 0.444 e. The topological polar surface area (TPSA) is 150 Å². The summed E-state index contributed by atoms with van der Waals surface area (Å²) in [6, 6.07) is 5.42. The van der Waals surface area contributed by atoms with Crippen molar-refractivity contribution in [3.05, 3.63) is 42.0 Å². The number of amides is 1. The fourth-order valence-electron chi connectivity index (χ4n) is 3.95. The molecule has 1 aliphatic rings. The van der Waals surface area contributed by atoms with Crippen LogP contribution in [0, 0.1) is 6.92 Å². The van der Waals surface area contributed by atoms with Gasteiger partial charge >= 0.3 is 0 Å². The first-order valence-corrected chi connectivity index (χ1v) is 12.1. The van der Waals surface area contributed by atoms with Crippen molar-refractivity contribution in [2.45, 2.75) is 25.9 Å². The molecule has 1 amide bonds. The molecule has 0 saturated carbocycles. The zero-order chi connectivity index (χ0) is 24.4. The lowest BCUT2D eigenvalue weighted by Crippen LogP contribution is -2.39. The summed E-state index contributed by atoms with van der Waals surface area (Å²) in [6.45, 7) is 3.34. The first-order valence-electron chi connectivity index (χ1n) is 11.3. The Hall–Kier alpha value is -3.61. The van der Waals surface area contributed by atoms with E-state index in [-0.39, 0.29) is 12.3 Å². The minimum Gasteiger partial charge on any atom is -0.444 e. The predicted molar refractivity (Wildman–Crippen MR) is 133 cm³/mol. The third kappa shape index (κ3) is 5.09. The summed E-state index contributed by atoms with van der Waals surface area (Å²) in [5.41, 5.74) is 2.71. The maximum Gasteiger partial charge on any atom is 0.277 e. The number of carbonyl (C=O) groups is 1. The summed E-state index contributed by atoms with van der Waals surface area (Å²) in [6.07, 6.45) is 4.05. The maximum atomic E-state index is 13.1. The van der Waals surface area contributed by atoms with E-state index in [9.17, 15) is 9.90 Å². The summed E-state index contributed by atoms with van der Waals surface area (Å²) in [4.78, 5) is 32.8. The molecule has 1 atom stereocenters. The fourth-order valence-corrected chi connectivity index (χ4v) is 4.82. The van der Waals surface area contributed by atoms with E-state index in [0.717, 1.165) is 28.8 Å². The molecule has 1 unspecified atom stereocenters. The van der Waals surface area contributed by atoms with Crippen LogP contribution >= 0.6 is 11.3 Å².